The first-order chi connectivity index (χ1) is 14.1. The summed E-state index contributed by atoms with van der Waals surface area (Å²) in [4.78, 5) is 10.8. The Bertz CT molecular complexity index is 1020. The van der Waals surface area contributed by atoms with Crippen molar-refractivity contribution in [3.05, 3.63) is 94.1 Å². The average molecular weight is 530 g/mol. The lowest BCUT2D eigenvalue weighted by atomic mass is 10.3. The molecule has 0 saturated carbocycles. The highest BCUT2D eigenvalue weighted by atomic mass is 79.9. The van der Waals surface area contributed by atoms with Crippen LogP contribution in [0.15, 0.2) is 104 Å². The molecule has 0 atom stereocenters. The van der Waals surface area contributed by atoms with E-state index in [0.29, 0.717) is 11.8 Å². The number of benzene rings is 2. The van der Waals surface area contributed by atoms with Gasteiger partial charge >= 0.3 is 0 Å². The maximum absolute atomic E-state index is 5.77. The highest BCUT2D eigenvalue weighted by Crippen LogP contribution is 2.32. The van der Waals surface area contributed by atoms with Crippen LogP contribution in [-0.4, -0.2) is 9.97 Å². The molecule has 7 heteroatoms. The first-order valence-corrected chi connectivity index (χ1v) is 11.0. The van der Waals surface area contributed by atoms with Crippen molar-refractivity contribution in [2.75, 3.05) is 0 Å². The van der Waals surface area contributed by atoms with Crippen LogP contribution in [0.2, 0.25) is 0 Å². The third-order valence-electron chi connectivity index (χ3n) is 3.71. The van der Waals surface area contributed by atoms with Crippen LogP contribution < -0.4 is 9.47 Å². The molecule has 0 aliphatic rings. The molecule has 0 spiro atoms. The first kappa shape index (κ1) is 19.9. The number of hydrogen-bond donors (Lipinski definition) is 0. The molecular formula is C22H14Br2N2O2S. The van der Waals surface area contributed by atoms with Gasteiger partial charge in [-0.3, -0.25) is 0 Å². The minimum atomic E-state index is 0.551. The molecule has 4 aromatic rings. The zero-order valence-electron chi connectivity index (χ0n) is 15.0. The van der Waals surface area contributed by atoms with Gasteiger partial charge in [0.1, 0.15) is 20.7 Å². The van der Waals surface area contributed by atoms with Gasteiger partial charge in [-0.25, -0.2) is 9.97 Å². The van der Waals surface area contributed by atoms with E-state index in [-0.39, 0.29) is 0 Å². The van der Waals surface area contributed by atoms with E-state index in [9.17, 15) is 0 Å². The molecule has 0 bridgehead atoms. The Balaban J connectivity index is 1.37. The number of pyridine rings is 2. The summed E-state index contributed by atoms with van der Waals surface area (Å²) in [6, 6.07) is 26.9. The van der Waals surface area contributed by atoms with Crippen LogP contribution in [0.3, 0.4) is 0 Å². The van der Waals surface area contributed by atoms with Crippen molar-refractivity contribution in [1.29, 1.82) is 0 Å². The van der Waals surface area contributed by atoms with Gasteiger partial charge in [-0.15, -0.1) is 0 Å². The zero-order valence-corrected chi connectivity index (χ0v) is 18.9. The van der Waals surface area contributed by atoms with Crippen LogP contribution in [0.1, 0.15) is 0 Å². The summed E-state index contributed by atoms with van der Waals surface area (Å²) >= 11 is 8.35. The van der Waals surface area contributed by atoms with Crippen LogP contribution in [0, 0.1) is 0 Å². The molecule has 0 fully saturated rings. The SMILES string of the molecule is Brc1cccc(Oc2ccc(Sc3ccc(Oc4cccc(Br)n4)cc3)cc2)n1. The Kier molecular flexibility index (Phi) is 6.49. The van der Waals surface area contributed by atoms with E-state index in [1.54, 1.807) is 11.8 Å². The summed E-state index contributed by atoms with van der Waals surface area (Å²) in [6.07, 6.45) is 0. The summed E-state index contributed by atoms with van der Waals surface area (Å²) in [5.74, 6) is 2.58. The predicted octanol–water partition coefficient (Wildman–Crippen LogP) is 7.74. The van der Waals surface area contributed by atoms with Crippen LogP contribution in [0.4, 0.5) is 0 Å². The summed E-state index contributed by atoms with van der Waals surface area (Å²) in [5.41, 5.74) is 0. The minimum Gasteiger partial charge on any atom is -0.439 e. The zero-order chi connectivity index (χ0) is 20.1. The van der Waals surface area contributed by atoms with Crippen molar-refractivity contribution in [1.82, 2.24) is 9.97 Å². The topological polar surface area (TPSA) is 44.2 Å². The highest BCUT2D eigenvalue weighted by molar-refractivity contribution is 9.10. The molecule has 144 valence electrons. The number of rotatable bonds is 6. The van der Waals surface area contributed by atoms with Crippen molar-refractivity contribution in [2.45, 2.75) is 9.79 Å². The van der Waals surface area contributed by atoms with Crippen molar-refractivity contribution in [3.8, 4) is 23.3 Å². The fourth-order valence-electron chi connectivity index (χ4n) is 2.42. The average Bonchev–Trinajstić information content (AvgIpc) is 2.71. The molecule has 2 aromatic heterocycles. The molecule has 0 saturated heterocycles. The summed E-state index contributed by atoms with van der Waals surface area (Å²) < 4.78 is 13.0. The number of hydrogen-bond acceptors (Lipinski definition) is 5. The molecule has 29 heavy (non-hydrogen) atoms. The molecule has 4 rings (SSSR count). The van der Waals surface area contributed by atoms with Gasteiger partial charge in [0.2, 0.25) is 11.8 Å². The molecule has 0 aliphatic carbocycles. The third kappa shape index (κ3) is 5.82. The van der Waals surface area contributed by atoms with Crippen LogP contribution >= 0.6 is 43.6 Å². The van der Waals surface area contributed by atoms with Gasteiger partial charge in [0, 0.05) is 21.9 Å². The Morgan fingerprint density at radius 1 is 0.552 bits per heavy atom. The van der Waals surface area contributed by atoms with Gasteiger partial charge in [0.15, 0.2) is 0 Å². The lowest BCUT2D eigenvalue weighted by molar-refractivity contribution is 0.461. The number of ether oxygens (including phenoxy) is 2. The third-order valence-corrected chi connectivity index (χ3v) is 5.61. The number of halogens is 2. The molecule has 2 aromatic carbocycles. The Hall–Kier alpha value is -2.35. The van der Waals surface area contributed by atoms with Crippen molar-refractivity contribution < 1.29 is 9.47 Å². The van der Waals surface area contributed by atoms with Crippen LogP contribution in [-0.2, 0) is 0 Å². The van der Waals surface area contributed by atoms with Gasteiger partial charge in [-0.2, -0.15) is 0 Å². The number of aromatic nitrogens is 2. The lowest BCUT2D eigenvalue weighted by Crippen LogP contribution is -1.88. The van der Waals surface area contributed by atoms with Crippen molar-refractivity contribution in [3.63, 3.8) is 0 Å². The fraction of sp³-hybridized carbons (Fsp3) is 0. The molecule has 0 aliphatic heterocycles. The highest BCUT2D eigenvalue weighted by Gasteiger charge is 2.03. The Labute approximate surface area is 189 Å². The van der Waals surface area contributed by atoms with Gasteiger partial charge in [-0.05, 0) is 92.5 Å². The maximum Gasteiger partial charge on any atom is 0.220 e. The second-order valence-corrected chi connectivity index (χ2v) is 8.62. The van der Waals surface area contributed by atoms with Gasteiger partial charge in [0.25, 0.3) is 0 Å². The normalized spacial score (nSPS) is 10.6. The van der Waals surface area contributed by atoms with E-state index < -0.39 is 0 Å². The molecule has 0 radical (unpaired) electrons. The minimum absolute atomic E-state index is 0.551. The maximum atomic E-state index is 5.77. The predicted molar refractivity (Wildman–Crippen MR) is 121 cm³/mol. The van der Waals surface area contributed by atoms with E-state index in [1.807, 2.05) is 84.9 Å². The van der Waals surface area contributed by atoms with Crippen LogP contribution in [0.25, 0.3) is 0 Å². The summed E-state index contributed by atoms with van der Waals surface area (Å²) in [6.45, 7) is 0. The smallest absolute Gasteiger partial charge is 0.220 e. The van der Waals surface area contributed by atoms with Gasteiger partial charge < -0.3 is 9.47 Å². The van der Waals surface area contributed by atoms with Crippen molar-refractivity contribution >= 4 is 43.6 Å². The number of nitrogens with zero attached hydrogens (tertiary/aromatic N) is 2. The first-order valence-electron chi connectivity index (χ1n) is 8.63. The van der Waals surface area contributed by atoms with E-state index in [2.05, 4.69) is 41.8 Å². The fourth-order valence-corrected chi connectivity index (χ4v) is 3.89. The second-order valence-electron chi connectivity index (χ2n) is 5.85. The molecule has 4 nitrogen and oxygen atoms in total. The van der Waals surface area contributed by atoms with Crippen LogP contribution in [0.5, 0.6) is 23.3 Å². The molecular weight excluding hydrogens is 516 g/mol. The summed E-state index contributed by atoms with van der Waals surface area (Å²) in [5, 5.41) is 0. The van der Waals surface area contributed by atoms with Gasteiger partial charge in [-0.1, -0.05) is 23.9 Å². The van der Waals surface area contributed by atoms with E-state index >= 15 is 0 Å². The second kappa shape index (κ2) is 9.43. The largest absolute Gasteiger partial charge is 0.439 e. The summed E-state index contributed by atoms with van der Waals surface area (Å²) in [7, 11) is 0. The monoisotopic (exact) mass is 528 g/mol. The molecule has 0 N–H and O–H groups in total. The van der Waals surface area contributed by atoms with E-state index in [0.717, 1.165) is 30.5 Å². The molecule has 0 unspecified atom stereocenters. The quantitative estimate of drug-likeness (QED) is 0.239. The van der Waals surface area contributed by atoms with Crippen molar-refractivity contribution in [2.24, 2.45) is 0 Å². The Morgan fingerprint density at radius 2 is 0.966 bits per heavy atom. The van der Waals surface area contributed by atoms with E-state index in [1.165, 1.54) is 0 Å². The molecule has 2 heterocycles. The standard InChI is InChI=1S/C22H14Br2N2O2S/c23-19-3-1-5-21(25-19)27-15-7-11-17(12-8-15)29-18-13-9-16(10-14-18)28-22-6-2-4-20(24)26-22/h1-14H. The van der Waals surface area contributed by atoms with E-state index in [4.69, 9.17) is 9.47 Å². The van der Waals surface area contributed by atoms with Gasteiger partial charge in [0.05, 0.1) is 0 Å². The Morgan fingerprint density at radius 3 is 1.34 bits per heavy atom. The molecule has 0 amide bonds. The lowest BCUT2D eigenvalue weighted by Gasteiger charge is -2.08.